The number of carbonyl (C=O) groups excluding carboxylic acids is 2. The molecule has 36 heavy (non-hydrogen) atoms. The summed E-state index contributed by atoms with van der Waals surface area (Å²) in [5.74, 6) is -0.0345. The number of rotatable bonds is 8. The number of piperidine rings is 1. The molecule has 1 heterocycles. The zero-order chi connectivity index (χ0) is 25.3. The van der Waals surface area contributed by atoms with Crippen molar-refractivity contribution in [3.05, 3.63) is 65.7 Å². The van der Waals surface area contributed by atoms with E-state index in [-0.39, 0.29) is 24.0 Å². The fourth-order valence-corrected chi connectivity index (χ4v) is 5.01. The largest absolute Gasteiger partial charge is 0.490 e. The highest BCUT2D eigenvalue weighted by Gasteiger charge is 2.27. The molecule has 0 radical (unpaired) electrons. The molecule has 4 rings (SSSR count). The fourth-order valence-electron chi connectivity index (χ4n) is 5.01. The van der Waals surface area contributed by atoms with Crippen LogP contribution in [0.25, 0.3) is 0 Å². The summed E-state index contributed by atoms with van der Waals surface area (Å²) in [4.78, 5) is 37.8. The van der Waals surface area contributed by atoms with Crippen molar-refractivity contribution < 1.29 is 24.2 Å². The molecule has 2 aromatic carbocycles. The highest BCUT2D eigenvalue weighted by atomic mass is 16.5. The van der Waals surface area contributed by atoms with Gasteiger partial charge in [-0.1, -0.05) is 30.3 Å². The molecule has 192 valence electrons. The molecule has 3 N–H and O–H groups in total. The minimum Gasteiger partial charge on any atom is -0.490 e. The number of nitrogens with zero attached hydrogens (tertiary/aromatic N) is 1. The van der Waals surface area contributed by atoms with Gasteiger partial charge in [-0.25, -0.2) is 4.79 Å². The second-order valence-electron chi connectivity index (χ2n) is 9.61. The number of ether oxygens (including phenoxy) is 1. The first-order valence-electron chi connectivity index (χ1n) is 12.8. The molecular weight excluding hydrogens is 458 g/mol. The molecule has 3 amide bonds. The van der Waals surface area contributed by atoms with Crippen LogP contribution in [-0.4, -0.2) is 60.2 Å². The predicted molar refractivity (Wildman–Crippen MR) is 136 cm³/mol. The van der Waals surface area contributed by atoms with Crippen LogP contribution in [0.15, 0.2) is 54.6 Å². The molecule has 2 aliphatic rings. The molecule has 1 saturated carbocycles. The summed E-state index contributed by atoms with van der Waals surface area (Å²) >= 11 is 0. The molecule has 2 fully saturated rings. The van der Waals surface area contributed by atoms with Gasteiger partial charge >= 0.3 is 12.0 Å². The number of likely N-dealkylation sites (tertiary alicyclic amines) is 1. The lowest BCUT2D eigenvalue weighted by atomic mass is 9.87. The Hall–Kier alpha value is -3.55. The van der Waals surface area contributed by atoms with Crippen molar-refractivity contribution in [2.24, 2.45) is 5.92 Å². The molecule has 8 nitrogen and oxygen atoms in total. The number of urea groups is 1. The average Bonchev–Trinajstić information content (AvgIpc) is 2.92. The van der Waals surface area contributed by atoms with Crippen LogP contribution in [0.4, 0.5) is 4.79 Å². The number of aliphatic carboxylic acids is 1. The average molecular weight is 494 g/mol. The molecule has 8 heteroatoms. The summed E-state index contributed by atoms with van der Waals surface area (Å²) in [7, 11) is 0. The first-order chi connectivity index (χ1) is 17.5. The van der Waals surface area contributed by atoms with Crippen LogP contribution in [0.5, 0.6) is 5.75 Å². The third kappa shape index (κ3) is 6.99. The van der Waals surface area contributed by atoms with Crippen molar-refractivity contribution in [3.8, 4) is 5.75 Å². The maximum Gasteiger partial charge on any atom is 0.317 e. The summed E-state index contributed by atoms with van der Waals surface area (Å²) in [6.45, 7) is 2.17. The molecule has 0 bridgehead atoms. The van der Waals surface area contributed by atoms with Gasteiger partial charge in [0, 0.05) is 31.7 Å². The first kappa shape index (κ1) is 25.5. The zero-order valence-corrected chi connectivity index (χ0v) is 20.5. The Morgan fingerprint density at radius 1 is 0.833 bits per heavy atom. The highest BCUT2D eigenvalue weighted by molar-refractivity contribution is 5.94. The quantitative estimate of drug-likeness (QED) is 0.481. The molecule has 0 aromatic heterocycles. The Morgan fingerprint density at radius 2 is 1.47 bits per heavy atom. The van der Waals surface area contributed by atoms with Gasteiger partial charge in [0.05, 0.1) is 12.0 Å². The normalized spacial score (nSPS) is 20.4. The Labute approximate surface area is 212 Å². The highest BCUT2D eigenvalue weighted by Crippen LogP contribution is 2.29. The van der Waals surface area contributed by atoms with Crippen molar-refractivity contribution in [1.82, 2.24) is 15.5 Å². The number of carbonyl (C=O) groups is 3. The summed E-state index contributed by atoms with van der Waals surface area (Å²) < 4.78 is 5.96. The maximum absolute atomic E-state index is 12.5. The fraction of sp³-hybridized carbons (Fsp3) is 0.464. The summed E-state index contributed by atoms with van der Waals surface area (Å²) in [5.41, 5.74) is 1.86. The molecule has 0 unspecified atom stereocenters. The smallest absolute Gasteiger partial charge is 0.317 e. The number of hydrogen-bond donors (Lipinski definition) is 3. The Morgan fingerprint density at radius 3 is 2.11 bits per heavy atom. The summed E-state index contributed by atoms with van der Waals surface area (Å²) in [6.07, 6.45) is 4.61. The molecular formula is C28H35N3O5. The lowest BCUT2D eigenvalue weighted by Gasteiger charge is -2.32. The van der Waals surface area contributed by atoms with Gasteiger partial charge in [-0.2, -0.15) is 0 Å². The van der Waals surface area contributed by atoms with E-state index in [0.29, 0.717) is 43.2 Å². The maximum atomic E-state index is 12.5. The van der Waals surface area contributed by atoms with Crippen molar-refractivity contribution in [2.45, 2.75) is 50.5 Å². The van der Waals surface area contributed by atoms with Crippen LogP contribution in [0.1, 0.15) is 60.4 Å². The van der Waals surface area contributed by atoms with Gasteiger partial charge in [-0.15, -0.1) is 0 Å². The third-order valence-electron chi connectivity index (χ3n) is 7.18. The van der Waals surface area contributed by atoms with E-state index in [4.69, 9.17) is 9.84 Å². The van der Waals surface area contributed by atoms with Crippen molar-refractivity contribution in [2.75, 3.05) is 26.2 Å². The second-order valence-corrected chi connectivity index (χ2v) is 9.61. The standard InChI is InChI=1S/C28H35N3O5/c32-26(22-6-10-24(11-7-22)36-25-12-8-23(9-13-25)27(33)34)29-16-17-30-28(35)31-18-14-21(15-19-31)20-4-2-1-3-5-20/h1-7,10-11,21,23,25H,8-9,12-19H2,(H,29,32)(H,30,35)(H,33,34)/t23-,25+. The van der Waals surface area contributed by atoms with E-state index >= 15 is 0 Å². The number of nitrogens with one attached hydrogen (secondary N) is 2. The molecule has 1 aliphatic carbocycles. The molecule has 2 aromatic rings. The summed E-state index contributed by atoms with van der Waals surface area (Å²) in [5, 5.41) is 14.8. The van der Waals surface area contributed by atoms with Gasteiger partial charge in [0.1, 0.15) is 5.75 Å². The SMILES string of the molecule is O=C(NCCNC(=O)N1CCC(c2ccccc2)CC1)c1ccc(O[C@H]2CC[C@@H](C(=O)O)CC2)cc1. The van der Waals surface area contributed by atoms with Crippen molar-refractivity contribution in [1.29, 1.82) is 0 Å². The van der Waals surface area contributed by atoms with Gasteiger partial charge in [0.2, 0.25) is 0 Å². The summed E-state index contributed by atoms with van der Waals surface area (Å²) in [6, 6.07) is 17.3. The van der Waals surface area contributed by atoms with Gasteiger partial charge in [-0.05, 0) is 74.3 Å². The Kier molecular flexibility index (Phi) is 8.81. The third-order valence-corrected chi connectivity index (χ3v) is 7.18. The van der Waals surface area contributed by atoms with E-state index in [2.05, 4.69) is 34.9 Å². The van der Waals surface area contributed by atoms with Gasteiger partial charge in [-0.3, -0.25) is 9.59 Å². The Balaban J connectivity index is 1.12. The molecule has 0 atom stereocenters. The molecule has 1 saturated heterocycles. The number of carboxylic acids is 1. The van der Waals surface area contributed by atoms with E-state index in [1.54, 1.807) is 24.3 Å². The van der Waals surface area contributed by atoms with Gasteiger partial charge < -0.3 is 25.4 Å². The minimum absolute atomic E-state index is 0.00742. The zero-order valence-electron chi connectivity index (χ0n) is 20.5. The van der Waals surface area contributed by atoms with Crippen LogP contribution in [0, 0.1) is 5.92 Å². The molecule has 1 aliphatic heterocycles. The Bertz CT molecular complexity index is 1010. The number of amides is 3. The topological polar surface area (TPSA) is 108 Å². The molecule has 0 spiro atoms. The van der Waals surface area contributed by atoms with E-state index in [1.807, 2.05) is 11.0 Å². The lowest BCUT2D eigenvalue weighted by Crippen LogP contribution is -2.46. The first-order valence-corrected chi connectivity index (χ1v) is 12.8. The van der Waals surface area contributed by atoms with Crippen LogP contribution in [0.2, 0.25) is 0 Å². The number of hydrogen-bond acceptors (Lipinski definition) is 4. The van der Waals surface area contributed by atoms with Crippen molar-refractivity contribution in [3.63, 3.8) is 0 Å². The van der Waals surface area contributed by atoms with E-state index in [1.165, 1.54) is 5.56 Å². The minimum atomic E-state index is -0.730. The van der Waals surface area contributed by atoms with Crippen LogP contribution in [-0.2, 0) is 4.79 Å². The van der Waals surface area contributed by atoms with E-state index in [0.717, 1.165) is 38.8 Å². The van der Waals surface area contributed by atoms with E-state index in [9.17, 15) is 14.4 Å². The second kappa shape index (κ2) is 12.4. The monoisotopic (exact) mass is 493 g/mol. The van der Waals surface area contributed by atoms with Crippen LogP contribution >= 0.6 is 0 Å². The van der Waals surface area contributed by atoms with Gasteiger partial charge in [0.25, 0.3) is 5.91 Å². The predicted octanol–water partition coefficient (Wildman–Crippen LogP) is 4.03. The lowest BCUT2D eigenvalue weighted by molar-refractivity contribution is -0.143. The van der Waals surface area contributed by atoms with E-state index < -0.39 is 5.97 Å². The van der Waals surface area contributed by atoms with Crippen molar-refractivity contribution >= 4 is 17.9 Å². The van der Waals surface area contributed by atoms with Crippen LogP contribution in [0.3, 0.4) is 0 Å². The van der Waals surface area contributed by atoms with Gasteiger partial charge in [0.15, 0.2) is 0 Å². The number of benzene rings is 2. The van der Waals surface area contributed by atoms with Crippen LogP contribution < -0.4 is 15.4 Å². The number of carboxylic acid groups (broad SMARTS) is 1.